The first kappa shape index (κ1) is 19.8. The van der Waals surface area contributed by atoms with E-state index in [1.807, 2.05) is 40.7 Å². The zero-order valence-corrected chi connectivity index (χ0v) is 16.0. The van der Waals surface area contributed by atoms with Crippen molar-refractivity contribution in [3.8, 4) is 5.75 Å². The fraction of sp³-hybridized carbons (Fsp3) is 0.611. The van der Waals surface area contributed by atoms with Crippen molar-refractivity contribution >= 4 is 18.5 Å². The molecule has 7 heteroatoms. The highest BCUT2D eigenvalue weighted by Gasteiger charge is 2.51. The van der Waals surface area contributed by atoms with Gasteiger partial charge in [0.25, 0.3) is 5.91 Å². The number of nitrogens with zero attached hydrogens (tertiary/aromatic N) is 1. The molecule has 0 saturated carbocycles. The van der Waals surface area contributed by atoms with E-state index >= 15 is 0 Å². The standard InChI is InChI=1S/C18H28BNO5/c1-7-20(10-11-21)16(22)14-12-13(8-9-15(14)23-6)19-24-17(2,3)18(4,5)25-19/h8-9,12,21H,7,10-11H2,1-6H3. The van der Waals surface area contributed by atoms with E-state index in [9.17, 15) is 4.79 Å². The maximum atomic E-state index is 12.8. The summed E-state index contributed by atoms with van der Waals surface area (Å²) in [5.74, 6) is 0.299. The van der Waals surface area contributed by atoms with Crippen LogP contribution in [0, 0.1) is 0 Å². The first-order chi connectivity index (χ1) is 11.7. The number of benzene rings is 1. The maximum absolute atomic E-state index is 12.8. The summed E-state index contributed by atoms with van der Waals surface area (Å²) in [7, 11) is 0.985. The molecule has 0 aromatic heterocycles. The topological polar surface area (TPSA) is 68.2 Å². The Morgan fingerprint density at radius 1 is 1.24 bits per heavy atom. The van der Waals surface area contributed by atoms with Crippen LogP contribution in [0.25, 0.3) is 0 Å². The number of rotatable bonds is 6. The van der Waals surface area contributed by atoms with Crippen molar-refractivity contribution < 1.29 is 23.9 Å². The average molecular weight is 349 g/mol. The number of aliphatic hydroxyl groups is 1. The summed E-state index contributed by atoms with van der Waals surface area (Å²) >= 11 is 0. The predicted octanol–water partition coefficient (Wildman–Crippen LogP) is 1.45. The minimum Gasteiger partial charge on any atom is -0.496 e. The Balaban J connectivity index is 2.36. The van der Waals surface area contributed by atoms with Crippen molar-refractivity contribution in [2.45, 2.75) is 45.8 Å². The van der Waals surface area contributed by atoms with E-state index in [4.69, 9.17) is 19.2 Å². The lowest BCUT2D eigenvalue weighted by molar-refractivity contribution is 0.00578. The monoisotopic (exact) mass is 349 g/mol. The maximum Gasteiger partial charge on any atom is 0.494 e. The van der Waals surface area contributed by atoms with Crippen LogP contribution < -0.4 is 10.2 Å². The van der Waals surface area contributed by atoms with Crippen molar-refractivity contribution in [2.24, 2.45) is 0 Å². The molecule has 0 spiro atoms. The van der Waals surface area contributed by atoms with E-state index in [-0.39, 0.29) is 19.1 Å². The van der Waals surface area contributed by atoms with Crippen LogP contribution in [0.1, 0.15) is 45.0 Å². The van der Waals surface area contributed by atoms with Gasteiger partial charge in [-0.1, -0.05) is 6.07 Å². The lowest BCUT2D eigenvalue weighted by Crippen LogP contribution is -2.41. The molecular formula is C18H28BNO5. The average Bonchev–Trinajstić information content (AvgIpc) is 2.79. The molecule has 1 heterocycles. The molecular weight excluding hydrogens is 321 g/mol. The molecule has 1 aliphatic rings. The Morgan fingerprint density at radius 2 is 1.84 bits per heavy atom. The third-order valence-electron chi connectivity index (χ3n) is 5.02. The largest absolute Gasteiger partial charge is 0.496 e. The van der Waals surface area contributed by atoms with Gasteiger partial charge >= 0.3 is 7.12 Å². The van der Waals surface area contributed by atoms with Gasteiger partial charge in [0.15, 0.2) is 0 Å². The van der Waals surface area contributed by atoms with E-state index in [1.165, 1.54) is 7.11 Å². The van der Waals surface area contributed by atoms with E-state index in [1.54, 1.807) is 17.0 Å². The number of hydrogen-bond donors (Lipinski definition) is 1. The van der Waals surface area contributed by atoms with Gasteiger partial charge in [-0.2, -0.15) is 0 Å². The zero-order chi connectivity index (χ0) is 18.8. The van der Waals surface area contributed by atoms with Crippen LogP contribution in [-0.2, 0) is 9.31 Å². The normalized spacial score (nSPS) is 18.3. The summed E-state index contributed by atoms with van der Waals surface area (Å²) in [5.41, 5.74) is 0.301. The van der Waals surface area contributed by atoms with Gasteiger partial charge in [-0.15, -0.1) is 0 Å². The van der Waals surface area contributed by atoms with Gasteiger partial charge in [0.1, 0.15) is 5.75 Å². The lowest BCUT2D eigenvalue weighted by atomic mass is 9.78. The van der Waals surface area contributed by atoms with Crippen molar-refractivity contribution in [3.63, 3.8) is 0 Å². The molecule has 2 rings (SSSR count). The molecule has 1 amide bonds. The Hall–Kier alpha value is -1.57. The van der Waals surface area contributed by atoms with Gasteiger partial charge in [-0.05, 0) is 52.2 Å². The fourth-order valence-corrected chi connectivity index (χ4v) is 2.71. The molecule has 0 radical (unpaired) electrons. The highest BCUT2D eigenvalue weighted by atomic mass is 16.7. The number of methoxy groups -OCH3 is 1. The molecule has 6 nitrogen and oxygen atoms in total. The molecule has 1 saturated heterocycles. The first-order valence-corrected chi connectivity index (χ1v) is 8.60. The Bertz CT molecular complexity index is 616. The smallest absolute Gasteiger partial charge is 0.494 e. The van der Waals surface area contributed by atoms with Crippen LogP contribution in [-0.4, -0.2) is 61.0 Å². The number of likely N-dealkylation sites (N-methyl/N-ethyl adjacent to an activating group) is 1. The van der Waals surface area contributed by atoms with Gasteiger partial charge < -0.3 is 24.1 Å². The lowest BCUT2D eigenvalue weighted by Gasteiger charge is -2.32. The predicted molar refractivity (Wildman–Crippen MR) is 97.4 cm³/mol. The number of hydrogen-bond acceptors (Lipinski definition) is 5. The summed E-state index contributed by atoms with van der Waals surface area (Å²) in [6, 6.07) is 5.35. The fourth-order valence-electron chi connectivity index (χ4n) is 2.71. The van der Waals surface area contributed by atoms with Crippen molar-refractivity contribution in [1.29, 1.82) is 0 Å². The third-order valence-corrected chi connectivity index (χ3v) is 5.02. The quantitative estimate of drug-likeness (QED) is 0.788. The van der Waals surface area contributed by atoms with Crippen LogP contribution in [0.15, 0.2) is 18.2 Å². The van der Waals surface area contributed by atoms with E-state index < -0.39 is 18.3 Å². The zero-order valence-electron chi connectivity index (χ0n) is 16.0. The van der Waals surface area contributed by atoms with Gasteiger partial charge in [0.05, 0.1) is 30.5 Å². The number of carbonyl (C=O) groups is 1. The van der Waals surface area contributed by atoms with Crippen LogP contribution in [0.4, 0.5) is 0 Å². The molecule has 0 bridgehead atoms. The molecule has 0 unspecified atom stereocenters. The van der Waals surface area contributed by atoms with Crippen LogP contribution in [0.2, 0.25) is 0 Å². The van der Waals surface area contributed by atoms with E-state index in [0.29, 0.717) is 17.9 Å². The van der Waals surface area contributed by atoms with Crippen LogP contribution in [0.3, 0.4) is 0 Å². The van der Waals surface area contributed by atoms with Crippen LogP contribution in [0.5, 0.6) is 5.75 Å². The molecule has 0 atom stereocenters. The summed E-state index contributed by atoms with van der Waals surface area (Å²) in [6.45, 7) is 10.5. The third kappa shape index (κ3) is 3.83. The number of ether oxygens (including phenoxy) is 1. The number of carbonyl (C=O) groups excluding carboxylic acids is 1. The minimum absolute atomic E-state index is 0.0845. The molecule has 138 valence electrons. The summed E-state index contributed by atoms with van der Waals surface area (Å²) < 4.78 is 17.5. The Labute approximate surface area is 150 Å². The highest BCUT2D eigenvalue weighted by Crippen LogP contribution is 2.36. The molecule has 1 aliphatic heterocycles. The van der Waals surface area contributed by atoms with Gasteiger partial charge in [0, 0.05) is 13.1 Å². The second-order valence-corrected chi connectivity index (χ2v) is 7.16. The van der Waals surface area contributed by atoms with Crippen molar-refractivity contribution in [2.75, 3.05) is 26.8 Å². The molecule has 1 N–H and O–H groups in total. The van der Waals surface area contributed by atoms with Crippen molar-refractivity contribution in [3.05, 3.63) is 23.8 Å². The van der Waals surface area contributed by atoms with Gasteiger partial charge in [0.2, 0.25) is 0 Å². The van der Waals surface area contributed by atoms with E-state index in [0.717, 1.165) is 5.46 Å². The summed E-state index contributed by atoms with van der Waals surface area (Å²) in [5, 5.41) is 9.17. The molecule has 1 aromatic carbocycles. The number of aliphatic hydroxyl groups excluding tert-OH is 1. The Morgan fingerprint density at radius 3 is 2.32 bits per heavy atom. The molecule has 1 aromatic rings. The minimum atomic E-state index is -0.546. The molecule has 25 heavy (non-hydrogen) atoms. The molecule has 1 fully saturated rings. The Kier molecular flexibility index (Phi) is 5.81. The summed E-state index contributed by atoms with van der Waals surface area (Å²) in [4.78, 5) is 14.4. The first-order valence-electron chi connectivity index (χ1n) is 8.60. The SMILES string of the molecule is CCN(CCO)C(=O)c1cc(B2OC(C)(C)C(C)(C)O2)ccc1OC. The van der Waals surface area contributed by atoms with E-state index in [2.05, 4.69) is 0 Å². The molecule has 0 aliphatic carbocycles. The highest BCUT2D eigenvalue weighted by molar-refractivity contribution is 6.62. The summed E-state index contributed by atoms with van der Waals surface area (Å²) in [6.07, 6.45) is 0. The van der Waals surface area contributed by atoms with Crippen molar-refractivity contribution in [1.82, 2.24) is 4.90 Å². The van der Waals surface area contributed by atoms with Gasteiger partial charge in [-0.3, -0.25) is 4.79 Å². The van der Waals surface area contributed by atoms with Gasteiger partial charge in [-0.25, -0.2) is 0 Å². The second-order valence-electron chi connectivity index (χ2n) is 7.16. The van der Waals surface area contributed by atoms with Crippen LogP contribution >= 0.6 is 0 Å². The second kappa shape index (κ2) is 7.36. The number of amides is 1.